The Balaban J connectivity index is 0.000000620. The summed E-state index contributed by atoms with van der Waals surface area (Å²) in [6.07, 6.45) is 7.64. The van der Waals surface area contributed by atoms with Crippen LogP contribution in [0.3, 0.4) is 0 Å². The van der Waals surface area contributed by atoms with Crippen LogP contribution in [0.25, 0.3) is 0 Å². The van der Waals surface area contributed by atoms with E-state index in [1.54, 1.807) is 19.9 Å². The van der Waals surface area contributed by atoms with Crippen LogP contribution in [0.4, 0.5) is 16.0 Å². The van der Waals surface area contributed by atoms with E-state index < -0.39 is 15.7 Å². The topological polar surface area (TPSA) is 111 Å². The number of halogens is 1. The van der Waals surface area contributed by atoms with Crippen LogP contribution in [0.2, 0.25) is 0 Å². The number of amidine groups is 1. The van der Waals surface area contributed by atoms with Gasteiger partial charge in [-0.15, -0.1) is 0 Å². The number of hydrogen-bond donors (Lipinski definition) is 2. The number of aliphatic imine (C=N–C) groups is 1. The number of rotatable bonds is 7. The summed E-state index contributed by atoms with van der Waals surface area (Å²) in [6.45, 7) is 18.5. The molecular weight excluding hydrogens is 522 g/mol. The second kappa shape index (κ2) is 14.8. The first-order chi connectivity index (χ1) is 17.7. The van der Waals surface area contributed by atoms with Crippen LogP contribution in [0.15, 0.2) is 34.7 Å². The van der Waals surface area contributed by atoms with Gasteiger partial charge in [0, 0.05) is 47.1 Å². The maximum atomic E-state index is 13.0. The Morgan fingerprint density at radius 1 is 1.37 bits per heavy atom. The zero-order valence-corrected chi connectivity index (χ0v) is 26.2. The number of anilines is 2. The van der Waals surface area contributed by atoms with Crippen molar-refractivity contribution in [1.29, 1.82) is 5.41 Å². The van der Waals surface area contributed by atoms with E-state index in [0.717, 1.165) is 49.2 Å². The Hall–Kier alpha value is -2.19. The van der Waals surface area contributed by atoms with Crippen molar-refractivity contribution in [2.24, 2.45) is 22.2 Å². The van der Waals surface area contributed by atoms with Gasteiger partial charge in [-0.3, -0.25) is 5.41 Å². The van der Waals surface area contributed by atoms with E-state index >= 15 is 0 Å². The van der Waals surface area contributed by atoms with E-state index in [1.165, 1.54) is 12.6 Å². The lowest BCUT2D eigenvalue weighted by Gasteiger charge is -2.34. The SMILES string of the molecule is C/C=C(\C)S(C)(=O)=O.C=C(F)CNc1ncnc(N2CCC3(CC2)CC3C(P)=NC(=N)C(C)C)c1C.CC. The number of piperidine rings is 1. The molecule has 38 heavy (non-hydrogen) atoms. The number of hydrogen-bond acceptors (Lipinski definition) is 7. The van der Waals surface area contributed by atoms with Gasteiger partial charge in [-0.25, -0.2) is 27.8 Å². The smallest absolute Gasteiger partial charge is 0.171 e. The van der Waals surface area contributed by atoms with Crippen LogP contribution < -0.4 is 10.2 Å². The normalized spacial score (nSPS) is 18.7. The van der Waals surface area contributed by atoms with Gasteiger partial charge < -0.3 is 10.2 Å². The third-order valence-electron chi connectivity index (χ3n) is 6.90. The lowest BCUT2D eigenvalue weighted by Crippen LogP contribution is -2.36. The maximum absolute atomic E-state index is 13.0. The minimum Gasteiger partial charge on any atom is -0.363 e. The predicted octanol–water partition coefficient (Wildman–Crippen LogP) is 6.17. The third-order valence-corrected chi connectivity index (χ3v) is 8.84. The van der Waals surface area contributed by atoms with Gasteiger partial charge in [0.2, 0.25) is 0 Å². The highest BCUT2D eigenvalue weighted by Gasteiger charge is 2.56. The summed E-state index contributed by atoms with van der Waals surface area (Å²) in [5.41, 5.74) is 2.29. The Labute approximate surface area is 231 Å². The van der Waals surface area contributed by atoms with Gasteiger partial charge in [0.1, 0.15) is 29.6 Å². The number of allylic oxidation sites excluding steroid dienone is 2. The van der Waals surface area contributed by atoms with Gasteiger partial charge in [-0.2, -0.15) is 0 Å². The van der Waals surface area contributed by atoms with E-state index in [1.807, 2.05) is 34.6 Å². The van der Waals surface area contributed by atoms with Crippen LogP contribution in [0.1, 0.15) is 66.4 Å². The van der Waals surface area contributed by atoms with Crippen molar-refractivity contribution in [3.05, 3.63) is 35.3 Å². The summed E-state index contributed by atoms with van der Waals surface area (Å²) >= 11 is 0. The fourth-order valence-corrected chi connectivity index (χ4v) is 5.20. The van der Waals surface area contributed by atoms with Gasteiger partial charge in [-0.05, 0) is 45.4 Å². The number of nitrogens with zero attached hydrogens (tertiary/aromatic N) is 4. The molecule has 2 N–H and O–H groups in total. The molecule has 214 valence electrons. The average Bonchev–Trinajstić information content (AvgIpc) is 3.57. The molecule has 1 saturated heterocycles. The molecule has 1 aliphatic carbocycles. The molecule has 1 aromatic heterocycles. The van der Waals surface area contributed by atoms with E-state index in [4.69, 9.17) is 5.41 Å². The molecule has 3 rings (SSSR count). The zero-order chi connectivity index (χ0) is 29.3. The molecule has 11 heteroatoms. The van der Waals surface area contributed by atoms with Gasteiger partial charge in [0.25, 0.3) is 0 Å². The van der Waals surface area contributed by atoms with Crippen molar-refractivity contribution >= 4 is 42.0 Å². The van der Waals surface area contributed by atoms with Crippen molar-refractivity contribution in [3.8, 4) is 0 Å². The molecule has 2 unspecified atom stereocenters. The molecule has 1 spiro atoms. The third kappa shape index (κ3) is 9.53. The molecular formula is C27H46FN6O2PS. The minimum absolute atomic E-state index is 0.0593. The van der Waals surface area contributed by atoms with E-state index in [2.05, 4.69) is 41.0 Å². The average molecular weight is 569 g/mol. The number of sulfone groups is 1. The van der Waals surface area contributed by atoms with Crippen molar-refractivity contribution in [2.75, 3.05) is 36.1 Å². The van der Waals surface area contributed by atoms with Gasteiger partial charge >= 0.3 is 0 Å². The second-order valence-electron chi connectivity index (χ2n) is 9.90. The van der Waals surface area contributed by atoms with Crippen molar-refractivity contribution in [3.63, 3.8) is 0 Å². The highest BCUT2D eigenvalue weighted by Crippen LogP contribution is 2.61. The molecule has 8 nitrogen and oxygen atoms in total. The molecule has 1 aromatic rings. The fraction of sp³-hybridized carbons (Fsp3) is 0.630. The van der Waals surface area contributed by atoms with Crippen LogP contribution in [0, 0.1) is 29.6 Å². The molecule has 0 amide bonds. The lowest BCUT2D eigenvalue weighted by molar-refractivity contribution is 0.369. The first-order valence-electron chi connectivity index (χ1n) is 13.1. The highest BCUT2D eigenvalue weighted by molar-refractivity contribution is 7.94. The zero-order valence-electron chi connectivity index (χ0n) is 24.2. The number of aromatic nitrogens is 2. The van der Waals surface area contributed by atoms with E-state index in [0.29, 0.717) is 27.9 Å². The van der Waals surface area contributed by atoms with Crippen molar-refractivity contribution in [1.82, 2.24) is 9.97 Å². The van der Waals surface area contributed by atoms with Gasteiger partial charge in [0.15, 0.2) is 9.84 Å². The van der Waals surface area contributed by atoms with Crippen LogP contribution >= 0.6 is 9.24 Å². The fourth-order valence-electron chi connectivity index (χ4n) is 4.16. The van der Waals surface area contributed by atoms with Crippen LogP contribution in [-0.2, 0) is 9.84 Å². The van der Waals surface area contributed by atoms with E-state index in [9.17, 15) is 12.8 Å². The van der Waals surface area contributed by atoms with Crippen molar-refractivity contribution < 1.29 is 12.8 Å². The summed E-state index contributed by atoms with van der Waals surface area (Å²) in [6, 6.07) is 0. The molecule has 2 aliphatic rings. The summed E-state index contributed by atoms with van der Waals surface area (Å²) in [4.78, 5) is 15.9. The Bertz CT molecular complexity index is 1140. The quantitative estimate of drug-likeness (QED) is 0.231. The Kier molecular flexibility index (Phi) is 13.2. The summed E-state index contributed by atoms with van der Waals surface area (Å²) < 4.78 is 33.9. The molecule has 0 bridgehead atoms. The summed E-state index contributed by atoms with van der Waals surface area (Å²) in [7, 11) is -0.127. The highest BCUT2D eigenvalue weighted by atomic mass is 32.2. The maximum Gasteiger partial charge on any atom is 0.171 e. The summed E-state index contributed by atoms with van der Waals surface area (Å²) in [5, 5.41) is 11.0. The molecule has 1 saturated carbocycles. The van der Waals surface area contributed by atoms with Gasteiger partial charge in [0.05, 0.1) is 6.54 Å². The lowest BCUT2D eigenvalue weighted by atomic mass is 9.91. The minimum atomic E-state index is -2.89. The standard InChI is InChI=1S/C20H30FN6P.C5H10O2S.C2H6/c1-12(2)16(22)26-19(28)15-9-20(15)5-7-27(8-6-20)18-14(4)17(24-11-25-18)23-10-13(3)21;1-4-5(2)8(3,6)7;1-2/h11-12,15,22H,3,5-10,28H2,1-2,4H3,(H,23,24,25);4H,1-3H3;1-2H3/b;5-4+;. The first-order valence-corrected chi connectivity index (χ1v) is 15.6. The second-order valence-corrected chi connectivity index (χ2v) is 12.7. The molecule has 2 atom stereocenters. The van der Waals surface area contributed by atoms with E-state index in [-0.39, 0.29) is 12.5 Å². The molecule has 1 aliphatic heterocycles. The first kappa shape index (κ1) is 33.8. The Morgan fingerprint density at radius 3 is 2.39 bits per heavy atom. The van der Waals surface area contributed by atoms with Crippen LogP contribution in [0.5, 0.6) is 0 Å². The van der Waals surface area contributed by atoms with Gasteiger partial charge in [-0.1, -0.05) is 49.6 Å². The molecule has 0 radical (unpaired) electrons. The molecule has 0 aromatic carbocycles. The van der Waals surface area contributed by atoms with Crippen LogP contribution in [-0.4, -0.2) is 55.6 Å². The summed E-state index contributed by atoms with van der Waals surface area (Å²) in [5.74, 6) is 2.23. The van der Waals surface area contributed by atoms with Crippen molar-refractivity contribution in [2.45, 2.75) is 67.7 Å². The monoisotopic (exact) mass is 568 g/mol. The number of nitrogens with one attached hydrogen (secondary N) is 2. The predicted molar refractivity (Wildman–Crippen MR) is 163 cm³/mol. The molecule has 2 fully saturated rings. The molecule has 2 heterocycles. The largest absolute Gasteiger partial charge is 0.363 e. The Morgan fingerprint density at radius 2 is 1.95 bits per heavy atom.